The molecule has 0 saturated carbocycles. The van der Waals surface area contributed by atoms with Crippen molar-refractivity contribution in [1.82, 2.24) is 0 Å². The Morgan fingerprint density at radius 3 is 2.48 bits per heavy atom. The standard InChI is InChI=1S/C15H21ClN2O3/c1-15(2,3)8-10(7-13(19)20)18-12-6-9(16)4-5-11(12)14(17)21/h4-6,10,18H,7-8H2,1-3H3,(H2,17,21)(H,19,20). The van der Waals surface area contributed by atoms with Crippen LogP contribution in [0.25, 0.3) is 0 Å². The second kappa shape index (κ2) is 6.80. The molecule has 0 radical (unpaired) electrons. The van der Waals surface area contributed by atoms with Crippen LogP contribution in [0.15, 0.2) is 18.2 Å². The van der Waals surface area contributed by atoms with E-state index in [1.807, 2.05) is 20.8 Å². The maximum absolute atomic E-state index is 11.4. The molecule has 0 saturated heterocycles. The molecular formula is C15H21ClN2O3. The number of anilines is 1. The molecule has 1 atom stereocenters. The molecule has 1 rings (SSSR count). The summed E-state index contributed by atoms with van der Waals surface area (Å²) in [6.07, 6.45) is 0.575. The highest BCUT2D eigenvalue weighted by Gasteiger charge is 2.22. The minimum absolute atomic E-state index is 0.0536. The SMILES string of the molecule is CC(C)(C)CC(CC(=O)O)Nc1cc(Cl)ccc1C(N)=O. The highest BCUT2D eigenvalue weighted by Crippen LogP contribution is 2.27. The van der Waals surface area contributed by atoms with Crippen molar-refractivity contribution in [1.29, 1.82) is 0 Å². The lowest BCUT2D eigenvalue weighted by Gasteiger charge is -2.27. The first kappa shape index (κ1) is 17.3. The highest BCUT2D eigenvalue weighted by atomic mass is 35.5. The topological polar surface area (TPSA) is 92.4 Å². The number of carbonyl (C=O) groups is 2. The largest absolute Gasteiger partial charge is 0.481 e. The van der Waals surface area contributed by atoms with E-state index >= 15 is 0 Å². The van der Waals surface area contributed by atoms with Crippen LogP contribution in [0.4, 0.5) is 5.69 Å². The Hall–Kier alpha value is -1.75. The van der Waals surface area contributed by atoms with E-state index in [-0.39, 0.29) is 17.9 Å². The number of carbonyl (C=O) groups excluding carboxylic acids is 1. The number of hydrogen-bond acceptors (Lipinski definition) is 3. The highest BCUT2D eigenvalue weighted by molar-refractivity contribution is 6.31. The zero-order valence-electron chi connectivity index (χ0n) is 12.4. The third kappa shape index (κ3) is 6.04. The number of nitrogens with one attached hydrogen (secondary N) is 1. The number of carboxylic acids is 1. The lowest BCUT2D eigenvalue weighted by atomic mass is 9.87. The molecule has 116 valence electrons. The molecule has 4 N–H and O–H groups in total. The first-order valence-corrected chi connectivity index (χ1v) is 7.04. The zero-order valence-corrected chi connectivity index (χ0v) is 13.2. The summed E-state index contributed by atoms with van der Waals surface area (Å²) >= 11 is 5.94. The number of benzene rings is 1. The molecule has 1 aromatic rings. The Bertz CT molecular complexity index is 538. The summed E-state index contributed by atoms with van der Waals surface area (Å²) in [5.41, 5.74) is 6.03. The number of aliphatic carboxylic acids is 1. The Labute approximate surface area is 129 Å². The molecule has 6 heteroatoms. The van der Waals surface area contributed by atoms with Gasteiger partial charge in [0.2, 0.25) is 0 Å². The molecule has 1 amide bonds. The van der Waals surface area contributed by atoms with Crippen molar-refractivity contribution in [2.45, 2.75) is 39.7 Å². The van der Waals surface area contributed by atoms with E-state index in [4.69, 9.17) is 22.4 Å². The minimum Gasteiger partial charge on any atom is -0.481 e. The van der Waals surface area contributed by atoms with Gasteiger partial charge in [0.25, 0.3) is 5.91 Å². The molecule has 0 bridgehead atoms. The van der Waals surface area contributed by atoms with Crippen molar-refractivity contribution in [2.24, 2.45) is 11.1 Å². The Morgan fingerprint density at radius 2 is 2.00 bits per heavy atom. The van der Waals surface area contributed by atoms with Crippen molar-refractivity contribution in [2.75, 3.05) is 5.32 Å². The van der Waals surface area contributed by atoms with Crippen molar-refractivity contribution >= 4 is 29.2 Å². The Kier molecular flexibility index (Phi) is 5.61. The summed E-state index contributed by atoms with van der Waals surface area (Å²) in [5.74, 6) is -1.49. The van der Waals surface area contributed by atoms with Crippen LogP contribution in [0, 0.1) is 5.41 Å². The lowest BCUT2D eigenvalue weighted by molar-refractivity contribution is -0.137. The van der Waals surface area contributed by atoms with E-state index in [1.165, 1.54) is 6.07 Å². The fraction of sp³-hybridized carbons (Fsp3) is 0.467. The van der Waals surface area contributed by atoms with Gasteiger partial charge in [0.1, 0.15) is 0 Å². The summed E-state index contributed by atoms with van der Waals surface area (Å²) < 4.78 is 0. The van der Waals surface area contributed by atoms with Gasteiger partial charge in [0.05, 0.1) is 12.0 Å². The van der Waals surface area contributed by atoms with Crippen LogP contribution < -0.4 is 11.1 Å². The molecule has 0 aliphatic rings. The Morgan fingerprint density at radius 1 is 1.38 bits per heavy atom. The van der Waals surface area contributed by atoms with Crippen LogP contribution in [-0.2, 0) is 4.79 Å². The van der Waals surface area contributed by atoms with Crippen LogP contribution in [0.1, 0.15) is 44.0 Å². The predicted octanol–water partition coefficient (Wildman–Crippen LogP) is 3.13. The van der Waals surface area contributed by atoms with E-state index in [0.717, 1.165) is 0 Å². The monoisotopic (exact) mass is 312 g/mol. The third-order valence-corrected chi connectivity index (χ3v) is 3.12. The molecule has 1 aromatic carbocycles. The molecule has 0 aliphatic carbocycles. The summed E-state index contributed by atoms with van der Waals surface area (Å²) in [5, 5.41) is 12.6. The first-order chi connectivity index (χ1) is 9.58. The quantitative estimate of drug-likeness (QED) is 0.752. The van der Waals surface area contributed by atoms with Gasteiger partial charge in [-0.1, -0.05) is 32.4 Å². The molecule has 0 fully saturated rings. The molecule has 0 heterocycles. The van der Waals surface area contributed by atoms with Crippen LogP contribution in [-0.4, -0.2) is 23.0 Å². The molecule has 1 unspecified atom stereocenters. The van der Waals surface area contributed by atoms with Crippen LogP contribution >= 0.6 is 11.6 Å². The van der Waals surface area contributed by atoms with Gasteiger partial charge in [-0.2, -0.15) is 0 Å². The predicted molar refractivity (Wildman–Crippen MR) is 83.7 cm³/mol. The van der Waals surface area contributed by atoms with Gasteiger partial charge in [-0.25, -0.2) is 0 Å². The van der Waals surface area contributed by atoms with Crippen molar-refractivity contribution in [3.8, 4) is 0 Å². The number of hydrogen-bond donors (Lipinski definition) is 3. The molecule has 0 spiro atoms. The number of amides is 1. The van der Waals surface area contributed by atoms with Crippen LogP contribution in [0.5, 0.6) is 0 Å². The van der Waals surface area contributed by atoms with E-state index in [2.05, 4.69) is 5.32 Å². The fourth-order valence-electron chi connectivity index (χ4n) is 2.19. The van der Waals surface area contributed by atoms with E-state index in [0.29, 0.717) is 22.7 Å². The zero-order chi connectivity index (χ0) is 16.2. The first-order valence-electron chi connectivity index (χ1n) is 6.66. The van der Waals surface area contributed by atoms with Gasteiger partial charge in [0.15, 0.2) is 0 Å². The van der Waals surface area contributed by atoms with Crippen molar-refractivity contribution < 1.29 is 14.7 Å². The second-order valence-corrected chi connectivity index (χ2v) is 6.69. The molecular weight excluding hydrogens is 292 g/mol. The summed E-state index contributed by atoms with van der Waals surface area (Å²) in [6.45, 7) is 6.07. The molecule has 21 heavy (non-hydrogen) atoms. The fourth-order valence-corrected chi connectivity index (χ4v) is 2.37. The van der Waals surface area contributed by atoms with Gasteiger partial charge >= 0.3 is 5.97 Å². The van der Waals surface area contributed by atoms with Gasteiger partial charge < -0.3 is 16.2 Å². The van der Waals surface area contributed by atoms with E-state index in [1.54, 1.807) is 12.1 Å². The van der Waals surface area contributed by atoms with Crippen LogP contribution in [0.2, 0.25) is 5.02 Å². The maximum atomic E-state index is 11.4. The Balaban J connectivity index is 3.04. The minimum atomic E-state index is -0.903. The smallest absolute Gasteiger partial charge is 0.305 e. The van der Waals surface area contributed by atoms with E-state index in [9.17, 15) is 9.59 Å². The van der Waals surface area contributed by atoms with Gasteiger partial charge in [0, 0.05) is 16.8 Å². The number of rotatable bonds is 6. The number of halogens is 1. The average molecular weight is 313 g/mol. The second-order valence-electron chi connectivity index (χ2n) is 6.26. The molecule has 0 aromatic heterocycles. The van der Waals surface area contributed by atoms with Gasteiger partial charge in [-0.3, -0.25) is 9.59 Å². The summed E-state index contributed by atoms with van der Waals surface area (Å²) in [6, 6.07) is 4.36. The van der Waals surface area contributed by atoms with Gasteiger partial charge in [-0.15, -0.1) is 0 Å². The lowest BCUT2D eigenvalue weighted by Crippen LogP contribution is -2.29. The summed E-state index contributed by atoms with van der Waals surface area (Å²) in [7, 11) is 0. The van der Waals surface area contributed by atoms with E-state index < -0.39 is 11.9 Å². The van der Waals surface area contributed by atoms with Gasteiger partial charge in [-0.05, 0) is 30.0 Å². The number of carboxylic acid groups (broad SMARTS) is 1. The molecule has 5 nitrogen and oxygen atoms in total. The number of primary amides is 1. The third-order valence-electron chi connectivity index (χ3n) is 2.89. The average Bonchev–Trinajstić information content (AvgIpc) is 2.24. The normalized spacial score (nSPS) is 12.8. The summed E-state index contributed by atoms with van der Waals surface area (Å²) in [4.78, 5) is 22.5. The number of nitrogens with two attached hydrogens (primary N) is 1. The maximum Gasteiger partial charge on any atom is 0.305 e. The molecule has 0 aliphatic heterocycles. The van der Waals surface area contributed by atoms with Crippen molar-refractivity contribution in [3.05, 3.63) is 28.8 Å². The van der Waals surface area contributed by atoms with Crippen LogP contribution in [0.3, 0.4) is 0 Å². The van der Waals surface area contributed by atoms with Crippen molar-refractivity contribution in [3.63, 3.8) is 0 Å².